The highest BCUT2D eigenvalue weighted by molar-refractivity contribution is 8.15. The molecule has 4 aliphatic heterocycles. The molecule has 2 saturated heterocycles. The number of carbonyl (C=O) groups excluding carboxylic acids is 1. The van der Waals surface area contributed by atoms with Gasteiger partial charge in [-0.3, -0.25) is 14.8 Å². The van der Waals surface area contributed by atoms with Crippen molar-refractivity contribution in [2.75, 3.05) is 13.2 Å². The summed E-state index contributed by atoms with van der Waals surface area (Å²) in [6, 6.07) is 19.5. The molecule has 0 amide bonds. The zero-order valence-corrected chi connectivity index (χ0v) is 24.8. The van der Waals surface area contributed by atoms with Crippen LogP contribution in [-0.2, 0) is 19.0 Å². The first kappa shape index (κ1) is 30.2. The summed E-state index contributed by atoms with van der Waals surface area (Å²) in [5.41, 5.74) is 1.77. The number of fused-ring (bicyclic) bond motifs is 2. The van der Waals surface area contributed by atoms with Crippen LogP contribution in [0, 0.1) is 11.8 Å². The maximum absolute atomic E-state index is 11.0. The Morgan fingerprint density at radius 2 is 1.32 bits per heavy atom. The van der Waals surface area contributed by atoms with E-state index in [1.54, 1.807) is 11.8 Å². The molecule has 3 N–H and O–H groups in total. The smallest absolute Gasteiger partial charge is 0.302 e. The molecule has 0 saturated carbocycles. The van der Waals surface area contributed by atoms with Gasteiger partial charge in [-0.2, -0.15) is 0 Å². The summed E-state index contributed by atoms with van der Waals surface area (Å²) in [5.74, 6) is 0.443. The quantitative estimate of drug-likeness (QED) is 0.443. The number of nitrogens with zero attached hydrogens (tertiary/aromatic N) is 2. The highest BCUT2D eigenvalue weighted by Gasteiger charge is 2.48. The first-order chi connectivity index (χ1) is 19.8. The van der Waals surface area contributed by atoms with E-state index in [1.165, 1.54) is 18.7 Å². The lowest BCUT2D eigenvalue weighted by atomic mass is 9.83. The van der Waals surface area contributed by atoms with Crippen molar-refractivity contribution in [2.45, 2.75) is 68.1 Å². The summed E-state index contributed by atoms with van der Waals surface area (Å²) in [6.45, 7) is 5.80. The number of rotatable bonds is 5. The van der Waals surface area contributed by atoms with Gasteiger partial charge >= 0.3 is 5.97 Å². The molecule has 4 heterocycles. The van der Waals surface area contributed by atoms with Gasteiger partial charge in [-0.15, -0.1) is 0 Å². The molecule has 9 nitrogen and oxygen atoms in total. The van der Waals surface area contributed by atoms with Crippen molar-refractivity contribution in [1.29, 1.82) is 0 Å². The number of aliphatic hydroxyl groups excluding tert-OH is 3. The highest BCUT2D eigenvalue weighted by Crippen LogP contribution is 2.43. The fourth-order valence-electron chi connectivity index (χ4n) is 5.24. The summed E-state index contributed by atoms with van der Waals surface area (Å²) >= 11 is 3.10. The Morgan fingerprint density at radius 1 is 0.805 bits per heavy atom. The molecule has 0 unspecified atom stereocenters. The Labute approximate surface area is 248 Å². The molecule has 2 aromatic carbocycles. The maximum atomic E-state index is 11.0. The SMILES string of the molecule is CC(=O)OC[C@H]1O[C@@H]2SC(c3ccccc3)=N[C@@H]2[C@@H](C)[C@@H]1C.OC[C@H]1O[C@@H]2SC(c3ccccc3)=N[C@@H]2[C@@H](O)[C@@H]1O. The van der Waals surface area contributed by atoms with E-state index in [-0.39, 0.29) is 35.6 Å². The number of benzene rings is 2. The third-order valence-electron chi connectivity index (χ3n) is 7.87. The van der Waals surface area contributed by atoms with Crippen LogP contribution in [-0.4, -0.2) is 92.0 Å². The van der Waals surface area contributed by atoms with Crippen LogP contribution in [0.15, 0.2) is 70.6 Å². The van der Waals surface area contributed by atoms with Crippen LogP contribution >= 0.6 is 23.5 Å². The van der Waals surface area contributed by atoms with Crippen molar-refractivity contribution in [1.82, 2.24) is 0 Å². The van der Waals surface area contributed by atoms with Gasteiger partial charge in [0.1, 0.15) is 51.9 Å². The Kier molecular flexibility index (Phi) is 9.85. The van der Waals surface area contributed by atoms with Gasteiger partial charge in [0.2, 0.25) is 0 Å². The van der Waals surface area contributed by atoms with Gasteiger partial charge in [0.25, 0.3) is 0 Å². The maximum Gasteiger partial charge on any atom is 0.302 e. The zero-order chi connectivity index (χ0) is 29.1. The predicted molar refractivity (Wildman–Crippen MR) is 160 cm³/mol. The molecule has 0 bridgehead atoms. The van der Waals surface area contributed by atoms with Gasteiger partial charge in [0.15, 0.2) is 0 Å². The largest absolute Gasteiger partial charge is 0.463 e. The molecular weight excluding hydrogens is 564 g/mol. The number of carbonyl (C=O) groups is 1. The summed E-state index contributed by atoms with van der Waals surface area (Å²) < 4.78 is 16.9. The number of ether oxygens (including phenoxy) is 3. The fourth-order valence-corrected chi connectivity index (χ4v) is 7.80. The topological polar surface area (TPSA) is 130 Å². The van der Waals surface area contributed by atoms with Gasteiger partial charge in [-0.25, -0.2) is 0 Å². The van der Waals surface area contributed by atoms with Crippen molar-refractivity contribution in [3.8, 4) is 0 Å². The molecular formula is C30H36N2O7S2. The molecule has 220 valence electrons. The molecule has 41 heavy (non-hydrogen) atoms. The minimum Gasteiger partial charge on any atom is -0.463 e. The van der Waals surface area contributed by atoms with E-state index >= 15 is 0 Å². The monoisotopic (exact) mass is 600 g/mol. The fraction of sp³-hybridized carbons (Fsp3) is 0.500. The van der Waals surface area contributed by atoms with Crippen molar-refractivity contribution in [3.05, 3.63) is 71.8 Å². The van der Waals surface area contributed by atoms with E-state index in [9.17, 15) is 15.0 Å². The van der Waals surface area contributed by atoms with E-state index in [4.69, 9.17) is 24.3 Å². The summed E-state index contributed by atoms with van der Waals surface area (Å²) in [7, 11) is 0. The zero-order valence-electron chi connectivity index (χ0n) is 23.1. The molecule has 0 radical (unpaired) electrons. The molecule has 4 aliphatic rings. The van der Waals surface area contributed by atoms with Gasteiger partial charge in [-0.05, 0) is 11.8 Å². The molecule has 6 rings (SSSR count). The third-order valence-corrected chi connectivity index (χ3v) is 10.2. The number of aliphatic hydroxyl groups is 3. The predicted octanol–water partition coefficient (Wildman–Crippen LogP) is 3.10. The first-order valence-electron chi connectivity index (χ1n) is 13.8. The molecule has 0 aliphatic carbocycles. The highest BCUT2D eigenvalue weighted by atomic mass is 32.2. The van der Waals surface area contributed by atoms with E-state index in [1.807, 2.05) is 48.5 Å². The van der Waals surface area contributed by atoms with Crippen molar-refractivity contribution >= 4 is 39.6 Å². The minimum absolute atomic E-state index is 0.0157. The average molecular weight is 601 g/mol. The molecule has 2 fully saturated rings. The van der Waals surface area contributed by atoms with Crippen LogP contribution in [0.25, 0.3) is 0 Å². The number of aliphatic imine (C=N–C) groups is 2. The second-order valence-electron chi connectivity index (χ2n) is 10.6. The van der Waals surface area contributed by atoms with Gasteiger partial charge in [0, 0.05) is 18.1 Å². The molecule has 0 aromatic heterocycles. The van der Waals surface area contributed by atoms with E-state index in [2.05, 4.69) is 31.0 Å². The van der Waals surface area contributed by atoms with Crippen LogP contribution in [0.5, 0.6) is 0 Å². The average Bonchev–Trinajstić information content (AvgIpc) is 3.62. The number of thioether (sulfide) groups is 2. The van der Waals surface area contributed by atoms with Crippen molar-refractivity contribution < 1.29 is 34.3 Å². The number of hydrogen-bond acceptors (Lipinski definition) is 11. The lowest BCUT2D eigenvalue weighted by molar-refractivity contribution is -0.164. The van der Waals surface area contributed by atoms with E-state index in [0.29, 0.717) is 18.4 Å². The van der Waals surface area contributed by atoms with Gasteiger partial charge in [-0.1, -0.05) is 98.0 Å². The van der Waals surface area contributed by atoms with Crippen LogP contribution in [0.3, 0.4) is 0 Å². The Hall–Kier alpha value is -2.25. The first-order valence-corrected chi connectivity index (χ1v) is 15.5. The number of hydrogen-bond donors (Lipinski definition) is 3. The lowest BCUT2D eigenvalue weighted by Crippen LogP contribution is -2.55. The summed E-state index contributed by atoms with van der Waals surface area (Å²) in [6.07, 6.45) is -2.93. The molecule has 2 aromatic rings. The van der Waals surface area contributed by atoms with Gasteiger partial charge in [0.05, 0.1) is 18.8 Å². The molecule has 11 heteroatoms. The lowest BCUT2D eigenvalue weighted by Gasteiger charge is -2.40. The number of esters is 1. The Bertz CT molecular complexity index is 1250. The van der Waals surface area contributed by atoms with Crippen LogP contribution in [0.2, 0.25) is 0 Å². The third kappa shape index (κ3) is 6.72. The van der Waals surface area contributed by atoms with Crippen molar-refractivity contribution in [2.24, 2.45) is 21.8 Å². The van der Waals surface area contributed by atoms with E-state index in [0.717, 1.165) is 21.2 Å². The molecule has 10 atom stereocenters. The van der Waals surface area contributed by atoms with Crippen LogP contribution in [0.1, 0.15) is 31.9 Å². The van der Waals surface area contributed by atoms with Crippen molar-refractivity contribution in [3.63, 3.8) is 0 Å². The summed E-state index contributed by atoms with van der Waals surface area (Å²) in [5, 5.41) is 30.9. The molecule has 0 spiro atoms. The Morgan fingerprint density at radius 3 is 1.85 bits per heavy atom. The normalized spacial score (nSPS) is 35.8. The Balaban J connectivity index is 0.000000166. The van der Waals surface area contributed by atoms with Crippen LogP contribution in [0.4, 0.5) is 0 Å². The van der Waals surface area contributed by atoms with Gasteiger partial charge < -0.3 is 29.5 Å². The summed E-state index contributed by atoms with van der Waals surface area (Å²) in [4.78, 5) is 20.4. The second kappa shape index (κ2) is 13.4. The minimum atomic E-state index is -1.11. The second-order valence-corrected chi connectivity index (χ2v) is 12.8. The van der Waals surface area contributed by atoms with E-state index < -0.39 is 24.4 Å². The van der Waals surface area contributed by atoms with Crippen LogP contribution < -0.4 is 0 Å². The standard InChI is InChI=1S/C17H21NO3S.C13H15NO4S/c1-10-11(2)15-17(21-14(10)9-20-12(3)19)22-16(18-15)13-7-5-4-6-8-13;15-6-8-10(16)11(17)9-13(18-8)19-12(14-9)7-4-2-1-3-5-7/h4-8,10-11,14-15,17H,9H2,1-3H3;1-5,8-11,13,15-17H,6H2/t10-,11-,14+,15+,17+;8-,9-,10-,11-,13-/m01/s1.